The standard InChI is InChI=1S/C11H18N4/c1-8-6-11(14-10(3)13-8)15-5-4-12-7-9(15)2/h6,9,12H,4-5,7H2,1-3H3. The SMILES string of the molecule is Cc1cc(N2CCNCC2C)nc(C)n1. The zero-order valence-electron chi connectivity index (χ0n) is 9.62. The molecule has 82 valence electrons. The third-order valence-corrected chi connectivity index (χ3v) is 2.75. The summed E-state index contributed by atoms with van der Waals surface area (Å²) in [6, 6.07) is 2.57. The van der Waals surface area contributed by atoms with Crippen LogP contribution >= 0.6 is 0 Å². The van der Waals surface area contributed by atoms with Crippen molar-refractivity contribution in [1.29, 1.82) is 0 Å². The highest BCUT2D eigenvalue weighted by atomic mass is 15.3. The van der Waals surface area contributed by atoms with Crippen molar-refractivity contribution in [1.82, 2.24) is 15.3 Å². The zero-order valence-corrected chi connectivity index (χ0v) is 9.62. The van der Waals surface area contributed by atoms with Crippen molar-refractivity contribution in [2.45, 2.75) is 26.8 Å². The van der Waals surface area contributed by atoms with E-state index in [4.69, 9.17) is 0 Å². The molecule has 0 radical (unpaired) electrons. The van der Waals surface area contributed by atoms with Crippen LogP contribution in [0.15, 0.2) is 6.07 Å². The molecule has 1 unspecified atom stereocenters. The Labute approximate surface area is 90.7 Å². The molecular formula is C11H18N4. The van der Waals surface area contributed by atoms with Crippen LogP contribution in [-0.4, -0.2) is 35.6 Å². The summed E-state index contributed by atoms with van der Waals surface area (Å²) in [6.07, 6.45) is 0. The first kappa shape index (κ1) is 10.4. The second-order valence-corrected chi connectivity index (χ2v) is 4.16. The lowest BCUT2D eigenvalue weighted by molar-refractivity contribution is 0.496. The molecule has 2 rings (SSSR count). The predicted octanol–water partition coefficient (Wildman–Crippen LogP) is 0.892. The summed E-state index contributed by atoms with van der Waals surface area (Å²) in [6.45, 7) is 9.28. The van der Waals surface area contributed by atoms with Gasteiger partial charge in [-0.05, 0) is 20.8 Å². The van der Waals surface area contributed by atoms with E-state index in [2.05, 4.69) is 33.2 Å². The topological polar surface area (TPSA) is 41.0 Å². The van der Waals surface area contributed by atoms with Gasteiger partial charge in [0.15, 0.2) is 0 Å². The van der Waals surface area contributed by atoms with E-state index < -0.39 is 0 Å². The number of aromatic nitrogens is 2. The summed E-state index contributed by atoms with van der Waals surface area (Å²) >= 11 is 0. The number of hydrogen-bond donors (Lipinski definition) is 1. The second kappa shape index (κ2) is 4.14. The molecule has 1 aliphatic rings. The van der Waals surface area contributed by atoms with Gasteiger partial charge < -0.3 is 10.2 Å². The van der Waals surface area contributed by atoms with Crippen LogP contribution < -0.4 is 10.2 Å². The van der Waals surface area contributed by atoms with Crippen LogP contribution in [0, 0.1) is 13.8 Å². The lowest BCUT2D eigenvalue weighted by atomic mass is 10.2. The summed E-state index contributed by atoms with van der Waals surface area (Å²) < 4.78 is 0. The zero-order chi connectivity index (χ0) is 10.8. The first-order valence-electron chi connectivity index (χ1n) is 5.46. The number of nitrogens with zero attached hydrogens (tertiary/aromatic N) is 3. The second-order valence-electron chi connectivity index (χ2n) is 4.16. The average Bonchev–Trinajstić information content (AvgIpc) is 2.16. The van der Waals surface area contributed by atoms with Crippen LogP contribution in [0.2, 0.25) is 0 Å². The lowest BCUT2D eigenvalue weighted by Gasteiger charge is -2.35. The molecule has 1 fully saturated rings. The summed E-state index contributed by atoms with van der Waals surface area (Å²) in [5.41, 5.74) is 1.04. The van der Waals surface area contributed by atoms with Crippen LogP contribution in [0.4, 0.5) is 5.82 Å². The normalized spacial score (nSPS) is 21.8. The summed E-state index contributed by atoms with van der Waals surface area (Å²) in [5, 5.41) is 3.38. The van der Waals surface area contributed by atoms with Crippen LogP contribution in [0.5, 0.6) is 0 Å². The van der Waals surface area contributed by atoms with Gasteiger partial charge in [-0.15, -0.1) is 0 Å². The van der Waals surface area contributed by atoms with Crippen LogP contribution in [0.3, 0.4) is 0 Å². The molecule has 2 heterocycles. The van der Waals surface area contributed by atoms with Crippen molar-refractivity contribution < 1.29 is 0 Å². The minimum Gasteiger partial charge on any atom is -0.351 e. The Morgan fingerprint density at radius 1 is 1.40 bits per heavy atom. The molecule has 0 spiro atoms. The van der Waals surface area contributed by atoms with Gasteiger partial charge in [0.2, 0.25) is 0 Å². The van der Waals surface area contributed by atoms with Crippen molar-refractivity contribution >= 4 is 5.82 Å². The summed E-state index contributed by atoms with van der Waals surface area (Å²) in [7, 11) is 0. The van der Waals surface area contributed by atoms with Gasteiger partial charge in [0, 0.05) is 37.4 Å². The molecule has 15 heavy (non-hydrogen) atoms. The van der Waals surface area contributed by atoms with Crippen LogP contribution in [0.25, 0.3) is 0 Å². The summed E-state index contributed by atoms with van der Waals surface area (Å²) in [5.74, 6) is 1.92. The van der Waals surface area contributed by atoms with Gasteiger partial charge in [-0.3, -0.25) is 0 Å². The number of aryl methyl sites for hydroxylation is 2. The molecule has 1 atom stereocenters. The highest BCUT2D eigenvalue weighted by Gasteiger charge is 2.19. The van der Waals surface area contributed by atoms with E-state index in [1.54, 1.807) is 0 Å². The van der Waals surface area contributed by atoms with Gasteiger partial charge in [0.05, 0.1) is 0 Å². The minimum atomic E-state index is 0.507. The number of hydrogen-bond acceptors (Lipinski definition) is 4. The largest absolute Gasteiger partial charge is 0.351 e. The molecule has 0 saturated carbocycles. The minimum absolute atomic E-state index is 0.507. The molecule has 0 amide bonds. The van der Waals surface area contributed by atoms with Gasteiger partial charge >= 0.3 is 0 Å². The smallest absolute Gasteiger partial charge is 0.132 e. The van der Waals surface area contributed by atoms with Crippen molar-refractivity contribution in [3.05, 3.63) is 17.6 Å². The lowest BCUT2D eigenvalue weighted by Crippen LogP contribution is -2.50. The van der Waals surface area contributed by atoms with E-state index in [0.29, 0.717) is 6.04 Å². The Bertz CT molecular complexity index is 330. The molecule has 4 nitrogen and oxygen atoms in total. The van der Waals surface area contributed by atoms with E-state index in [0.717, 1.165) is 37.0 Å². The fraction of sp³-hybridized carbons (Fsp3) is 0.636. The quantitative estimate of drug-likeness (QED) is 0.741. The van der Waals surface area contributed by atoms with Gasteiger partial charge in [0.1, 0.15) is 11.6 Å². The number of piperazine rings is 1. The van der Waals surface area contributed by atoms with Crippen LogP contribution in [0.1, 0.15) is 18.4 Å². The highest BCUT2D eigenvalue weighted by Crippen LogP contribution is 2.16. The molecule has 0 aliphatic carbocycles. The number of anilines is 1. The fourth-order valence-electron chi connectivity index (χ4n) is 2.03. The Hall–Kier alpha value is -1.16. The fourth-order valence-corrected chi connectivity index (χ4v) is 2.03. The predicted molar refractivity (Wildman–Crippen MR) is 61.2 cm³/mol. The molecule has 1 aliphatic heterocycles. The van der Waals surface area contributed by atoms with Crippen LogP contribution in [-0.2, 0) is 0 Å². The van der Waals surface area contributed by atoms with Crippen molar-refractivity contribution in [2.75, 3.05) is 24.5 Å². The Balaban J connectivity index is 2.27. The molecule has 0 bridgehead atoms. The van der Waals surface area contributed by atoms with Gasteiger partial charge in [-0.2, -0.15) is 0 Å². The monoisotopic (exact) mass is 206 g/mol. The first-order chi connectivity index (χ1) is 7.16. The molecule has 1 N–H and O–H groups in total. The maximum absolute atomic E-state index is 4.50. The van der Waals surface area contributed by atoms with E-state index in [-0.39, 0.29) is 0 Å². The Kier molecular flexibility index (Phi) is 2.86. The van der Waals surface area contributed by atoms with E-state index in [1.807, 2.05) is 13.8 Å². The molecule has 0 aromatic carbocycles. The van der Waals surface area contributed by atoms with E-state index in [1.165, 1.54) is 0 Å². The van der Waals surface area contributed by atoms with Crippen molar-refractivity contribution in [3.8, 4) is 0 Å². The Morgan fingerprint density at radius 2 is 2.20 bits per heavy atom. The maximum Gasteiger partial charge on any atom is 0.132 e. The third-order valence-electron chi connectivity index (χ3n) is 2.75. The maximum atomic E-state index is 4.50. The average molecular weight is 206 g/mol. The van der Waals surface area contributed by atoms with Gasteiger partial charge in [-0.25, -0.2) is 9.97 Å². The first-order valence-corrected chi connectivity index (χ1v) is 5.46. The molecule has 1 aromatic rings. The van der Waals surface area contributed by atoms with Gasteiger partial charge in [-0.1, -0.05) is 0 Å². The van der Waals surface area contributed by atoms with Crippen molar-refractivity contribution in [3.63, 3.8) is 0 Å². The number of rotatable bonds is 1. The van der Waals surface area contributed by atoms with Gasteiger partial charge in [0.25, 0.3) is 0 Å². The molecule has 4 heteroatoms. The number of nitrogens with one attached hydrogen (secondary N) is 1. The molecule has 1 aromatic heterocycles. The third kappa shape index (κ3) is 2.26. The van der Waals surface area contributed by atoms with Crippen molar-refractivity contribution in [2.24, 2.45) is 0 Å². The molecule has 1 saturated heterocycles. The summed E-state index contributed by atoms with van der Waals surface area (Å²) in [4.78, 5) is 11.1. The Morgan fingerprint density at radius 3 is 2.87 bits per heavy atom. The molecular weight excluding hydrogens is 188 g/mol. The highest BCUT2D eigenvalue weighted by molar-refractivity contribution is 5.41. The van der Waals surface area contributed by atoms with E-state index >= 15 is 0 Å². The van der Waals surface area contributed by atoms with E-state index in [9.17, 15) is 0 Å².